The van der Waals surface area contributed by atoms with E-state index >= 15 is 0 Å². The van der Waals surface area contributed by atoms with Crippen LogP contribution in [0.3, 0.4) is 0 Å². The number of hydrogen-bond donors (Lipinski definition) is 2. The van der Waals surface area contributed by atoms with Crippen LogP contribution in [0.25, 0.3) is 0 Å². The molecule has 0 bridgehead atoms. The van der Waals surface area contributed by atoms with Crippen molar-refractivity contribution in [3.63, 3.8) is 0 Å². The molecule has 0 saturated heterocycles. The molecule has 2 unspecified atom stereocenters. The van der Waals surface area contributed by atoms with Gasteiger partial charge in [-0.05, 0) is 33.1 Å². The van der Waals surface area contributed by atoms with Crippen molar-refractivity contribution in [1.29, 1.82) is 0 Å². The molecule has 5 heteroatoms. The molecule has 2 atom stereocenters. The zero-order valence-corrected chi connectivity index (χ0v) is 12.7. The highest BCUT2D eigenvalue weighted by atomic mass is 16.4. The minimum absolute atomic E-state index is 0.0199. The summed E-state index contributed by atoms with van der Waals surface area (Å²) in [5.74, 6) is -0.448. The molecule has 0 aliphatic heterocycles. The Hall–Kier alpha value is -1.36. The van der Waals surface area contributed by atoms with Crippen molar-refractivity contribution in [1.82, 2.24) is 15.1 Å². The molecule has 0 amide bonds. The summed E-state index contributed by atoms with van der Waals surface area (Å²) in [7, 11) is 1.90. The van der Waals surface area contributed by atoms with Crippen molar-refractivity contribution in [3.8, 4) is 0 Å². The largest absolute Gasteiger partial charge is 0.480 e. The van der Waals surface area contributed by atoms with Crippen LogP contribution in [-0.2, 0) is 11.8 Å². The number of carbonyl (C=O) groups is 1. The van der Waals surface area contributed by atoms with Gasteiger partial charge in [0.1, 0.15) is 6.04 Å². The summed E-state index contributed by atoms with van der Waals surface area (Å²) in [5, 5.41) is 16.9. The molecule has 0 aliphatic carbocycles. The molecule has 5 nitrogen and oxygen atoms in total. The van der Waals surface area contributed by atoms with E-state index in [1.54, 1.807) is 0 Å². The third-order valence-electron chi connectivity index (χ3n) is 3.45. The van der Waals surface area contributed by atoms with Gasteiger partial charge < -0.3 is 5.11 Å². The highest BCUT2D eigenvalue weighted by Gasteiger charge is 2.24. The van der Waals surface area contributed by atoms with E-state index in [-0.39, 0.29) is 6.04 Å². The SMILES string of the molecule is Cc1nn(C)c(C)c1C(C)NC(CC(C)C)C(=O)O. The minimum Gasteiger partial charge on any atom is -0.480 e. The third-order valence-corrected chi connectivity index (χ3v) is 3.45. The fourth-order valence-electron chi connectivity index (χ4n) is 2.51. The van der Waals surface area contributed by atoms with Gasteiger partial charge in [-0.15, -0.1) is 0 Å². The van der Waals surface area contributed by atoms with Crippen LogP contribution in [-0.4, -0.2) is 26.9 Å². The van der Waals surface area contributed by atoms with Gasteiger partial charge in [0.25, 0.3) is 0 Å². The van der Waals surface area contributed by atoms with Crippen molar-refractivity contribution >= 4 is 5.97 Å². The maximum absolute atomic E-state index is 11.3. The van der Waals surface area contributed by atoms with Crippen LogP contribution in [0.2, 0.25) is 0 Å². The molecule has 2 N–H and O–H groups in total. The fraction of sp³-hybridized carbons (Fsp3) is 0.714. The second-order valence-corrected chi connectivity index (χ2v) is 5.62. The Balaban J connectivity index is 2.87. The normalized spacial score (nSPS) is 14.7. The van der Waals surface area contributed by atoms with Gasteiger partial charge in [0, 0.05) is 24.3 Å². The summed E-state index contributed by atoms with van der Waals surface area (Å²) in [5.41, 5.74) is 3.12. The van der Waals surface area contributed by atoms with E-state index in [2.05, 4.69) is 10.4 Å². The van der Waals surface area contributed by atoms with E-state index < -0.39 is 12.0 Å². The Morgan fingerprint density at radius 1 is 1.37 bits per heavy atom. The number of aryl methyl sites for hydroxylation is 2. The standard InChI is InChI=1S/C14H25N3O2/c1-8(2)7-12(14(18)19)15-9(3)13-10(4)16-17(6)11(13)5/h8-9,12,15H,7H2,1-6H3,(H,18,19). The summed E-state index contributed by atoms with van der Waals surface area (Å²) in [6, 6.07) is -0.539. The van der Waals surface area contributed by atoms with Gasteiger partial charge in [-0.25, -0.2) is 0 Å². The number of hydrogen-bond acceptors (Lipinski definition) is 3. The zero-order valence-electron chi connectivity index (χ0n) is 12.7. The molecule has 0 fully saturated rings. The molecule has 0 saturated carbocycles. The smallest absolute Gasteiger partial charge is 0.320 e. The van der Waals surface area contributed by atoms with Crippen LogP contribution >= 0.6 is 0 Å². The van der Waals surface area contributed by atoms with E-state index in [0.717, 1.165) is 17.0 Å². The van der Waals surface area contributed by atoms with Gasteiger partial charge in [0.15, 0.2) is 0 Å². The first-order valence-electron chi connectivity index (χ1n) is 6.73. The molecule has 1 heterocycles. The number of nitrogens with zero attached hydrogens (tertiary/aromatic N) is 2. The van der Waals surface area contributed by atoms with Crippen molar-refractivity contribution in [3.05, 3.63) is 17.0 Å². The molecule has 0 spiro atoms. The average Bonchev–Trinajstić information content (AvgIpc) is 2.51. The third kappa shape index (κ3) is 3.80. The van der Waals surface area contributed by atoms with Crippen LogP contribution in [0.1, 0.15) is 50.2 Å². The predicted octanol–water partition coefficient (Wildman–Crippen LogP) is 2.19. The van der Waals surface area contributed by atoms with Gasteiger partial charge in [0.2, 0.25) is 0 Å². The first-order chi connectivity index (χ1) is 8.73. The lowest BCUT2D eigenvalue weighted by Gasteiger charge is -2.22. The van der Waals surface area contributed by atoms with E-state index in [4.69, 9.17) is 0 Å². The van der Waals surface area contributed by atoms with Crippen LogP contribution in [0, 0.1) is 19.8 Å². The molecule has 1 aromatic rings. The van der Waals surface area contributed by atoms with E-state index in [9.17, 15) is 9.90 Å². The zero-order chi connectivity index (χ0) is 14.7. The van der Waals surface area contributed by atoms with Gasteiger partial charge in [-0.1, -0.05) is 13.8 Å². The molecule has 0 aliphatic rings. The van der Waals surface area contributed by atoms with E-state index in [1.165, 1.54) is 0 Å². The molecular weight excluding hydrogens is 242 g/mol. The van der Waals surface area contributed by atoms with Gasteiger partial charge >= 0.3 is 5.97 Å². The number of aliphatic carboxylic acids is 1. The van der Waals surface area contributed by atoms with Crippen LogP contribution in [0.15, 0.2) is 0 Å². The second kappa shape index (κ2) is 6.19. The van der Waals surface area contributed by atoms with Crippen molar-refractivity contribution in [2.24, 2.45) is 13.0 Å². The second-order valence-electron chi connectivity index (χ2n) is 5.62. The summed E-state index contributed by atoms with van der Waals surface area (Å²) in [6.45, 7) is 10.0. The fourth-order valence-corrected chi connectivity index (χ4v) is 2.51. The first kappa shape index (κ1) is 15.7. The predicted molar refractivity (Wildman–Crippen MR) is 75.1 cm³/mol. The van der Waals surface area contributed by atoms with Crippen LogP contribution < -0.4 is 5.32 Å². The molecule has 0 aromatic carbocycles. The minimum atomic E-state index is -0.792. The lowest BCUT2D eigenvalue weighted by atomic mass is 10.0. The number of aromatic nitrogens is 2. The molecule has 1 rings (SSSR count). The Bertz CT molecular complexity index is 452. The Kier molecular flexibility index (Phi) is 5.11. The van der Waals surface area contributed by atoms with E-state index in [0.29, 0.717) is 12.3 Å². The highest BCUT2D eigenvalue weighted by Crippen LogP contribution is 2.22. The number of rotatable bonds is 6. The number of nitrogens with one attached hydrogen (secondary N) is 1. The Morgan fingerprint density at radius 3 is 2.32 bits per heavy atom. The maximum Gasteiger partial charge on any atom is 0.320 e. The quantitative estimate of drug-likeness (QED) is 0.829. The van der Waals surface area contributed by atoms with E-state index in [1.807, 2.05) is 46.3 Å². The summed E-state index contributed by atoms with van der Waals surface area (Å²) < 4.78 is 1.83. The first-order valence-corrected chi connectivity index (χ1v) is 6.73. The monoisotopic (exact) mass is 267 g/mol. The lowest BCUT2D eigenvalue weighted by Crippen LogP contribution is -2.39. The van der Waals surface area contributed by atoms with Crippen LogP contribution in [0.5, 0.6) is 0 Å². The summed E-state index contributed by atoms with van der Waals surface area (Å²) in [4.78, 5) is 11.3. The molecule has 108 valence electrons. The molecule has 0 radical (unpaired) electrons. The van der Waals surface area contributed by atoms with Crippen molar-refractivity contribution in [2.45, 2.75) is 53.1 Å². The Morgan fingerprint density at radius 2 is 1.95 bits per heavy atom. The lowest BCUT2D eigenvalue weighted by molar-refractivity contribution is -0.140. The van der Waals surface area contributed by atoms with Gasteiger partial charge in [-0.3, -0.25) is 14.8 Å². The average molecular weight is 267 g/mol. The number of carboxylic acids is 1. The summed E-state index contributed by atoms with van der Waals surface area (Å²) >= 11 is 0. The van der Waals surface area contributed by atoms with Crippen LogP contribution in [0.4, 0.5) is 0 Å². The van der Waals surface area contributed by atoms with Crippen molar-refractivity contribution in [2.75, 3.05) is 0 Å². The topological polar surface area (TPSA) is 67.2 Å². The van der Waals surface area contributed by atoms with Crippen molar-refractivity contribution < 1.29 is 9.90 Å². The molecule has 1 aromatic heterocycles. The molecule has 19 heavy (non-hydrogen) atoms. The van der Waals surface area contributed by atoms with Gasteiger partial charge in [-0.2, -0.15) is 5.10 Å². The van der Waals surface area contributed by atoms with Gasteiger partial charge in [0.05, 0.1) is 5.69 Å². The summed E-state index contributed by atoms with van der Waals surface area (Å²) in [6.07, 6.45) is 0.623. The number of carboxylic acid groups (broad SMARTS) is 1. The highest BCUT2D eigenvalue weighted by molar-refractivity contribution is 5.73. The Labute approximate surface area is 115 Å². The maximum atomic E-state index is 11.3. The molecular formula is C14H25N3O2.